The molecule has 0 saturated heterocycles. The number of carbonyl (C=O) groups is 2. The molecule has 166 valence electrons. The van der Waals surface area contributed by atoms with Gasteiger partial charge in [-0.1, -0.05) is 73.9 Å². The van der Waals surface area contributed by atoms with Crippen LogP contribution < -0.4 is 5.32 Å². The van der Waals surface area contributed by atoms with Crippen LogP contribution in [-0.2, 0) is 11.2 Å². The first kappa shape index (κ1) is 23.8. The van der Waals surface area contributed by atoms with Gasteiger partial charge < -0.3 is 15.4 Å². The number of Topliss-reactive ketones (excluding diaryl/α,β-unsaturated/α-hetero) is 1. The van der Waals surface area contributed by atoms with Crippen LogP contribution in [0.3, 0.4) is 0 Å². The molecule has 3 N–H and O–H groups in total. The number of ketones is 1. The zero-order valence-corrected chi connectivity index (χ0v) is 18.6. The van der Waals surface area contributed by atoms with Crippen LogP contribution in [0.25, 0.3) is 11.1 Å². The molecule has 0 bridgehead atoms. The molecule has 2 aromatic carbocycles. The molecule has 0 spiro atoms. The Labute approximate surface area is 192 Å². The van der Waals surface area contributed by atoms with Crippen LogP contribution in [0.2, 0.25) is 6.32 Å². The number of aromatic nitrogens is 1. The van der Waals surface area contributed by atoms with Crippen molar-refractivity contribution in [2.45, 2.75) is 44.5 Å². The monoisotopic (exact) mass is 450 g/mol. The van der Waals surface area contributed by atoms with E-state index in [0.717, 1.165) is 23.1 Å². The molecule has 3 rings (SSSR count). The van der Waals surface area contributed by atoms with E-state index >= 15 is 0 Å². The molecule has 1 amide bonds. The van der Waals surface area contributed by atoms with E-state index in [0.29, 0.717) is 30.5 Å². The summed E-state index contributed by atoms with van der Waals surface area (Å²) in [5.74, 6) is -0.343. The topological polar surface area (TPSA) is 99.5 Å². The van der Waals surface area contributed by atoms with Crippen molar-refractivity contribution in [3.8, 4) is 11.1 Å². The maximum absolute atomic E-state index is 13.1. The first-order valence-corrected chi connectivity index (χ1v) is 11.6. The average molecular weight is 450 g/mol. The van der Waals surface area contributed by atoms with Gasteiger partial charge in [0.05, 0.1) is 17.7 Å². The number of hydrogen-bond acceptors (Lipinski definition) is 6. The molecule has 0 aliphatic carbocycles. The number of hydrogen-bond donors (Lipinski definition) is 3. The zero-order chi connectivity index (χ0) is 22.8. The molecule has 1 atom stereocenters. The maximum Gasteiger partial charge on any atom is 0.451 e. The van der Waals surface area contributed by atoms with Gasteiger partial charge in [0.1, 0.15) is 4.88 Å². The molecule has 8 heteroatoms. The van der Waals surface area contributed by atoms with E-state index < -0.39 is 13.2 Å². The fourth-order valence-corrected chi connectivity index (χ4v) is 4.06. The van der Waals surface area contributed by atoms with Gasteiger partial charge in [0.2, 0.25) is 0 Å². The van der Waals surface area contributed by atoms with Crippen molar-refractivity contribution in [1.82, 2.24) is 10.3 Å². The number of rotatable bonds is 12. The van der Waals surface area contributed by atoms with Gasteiger partial charge in [-0.25, -0.2) is 0 Å². The summed E-state index contributed by atoms with van der Waals surface area (Å²) in [6.07, 6.45) is 4.64. The Morgan fingerprint density at radius 3 is 2.50 bits per heavy atom. The van der Waals surface area contributed by atoms with E-state index in [-0.39, 0.29) is 18.1 Å². The van der Waals surface area contributed by atoms with E-state index in [1.54, 1.807) is 5.51 Å². The summed E-state index contributed by atoms with van der Waals surface area (Å²) in [7, 11) is -1.31. The van der Waals surface area contributed by atoms with E-state index in [9.17, 15) is 9.59 Å². The molecule has 0 radical (unpaired) electrons. The Bertz CT molecular complexity index is 996. The van der Waals surface area contributed by atoms with Crippen LogP contribution >= 0.6 is 11.3 Å². The van der Waals surface area contributed by atoms with Crippen molar-refractivity contribution >= 4 is 30.1 Å². The highest BCUT2D eigenvalue weighted by Gasteiger charge is 2.22. The number of unbranched alkanes of at least 4 members (excludes halogenated alkanes) is 2. The van der Waals surface area contributed by atoms with Gasteiger partial charge in [-0.15, -0.1) is 11.3 Å². The molecule has 0 aliphatic rings. The third-order valence-electron chi connectivity index (χ3n) is 5.22. The van der Waals surface area contributed by atoms with Crippen LogP contribution in [0.4, 0.5) is 0 Å². The highest BCUT2D eigenvalue weighted by atomic mass is 32.1. The minimum Gasteiger partial charge on any atom is -0.427 e. The van der Waals surface area contributed by atoms with Gasteiger partial charge >= 0.3 is 7.12 Å². The van der Waals surface area contributed by atoms with Crippen molar-refractivity contribution in [3.63, 3.8) is 0 Å². The molecule has 0 unspecified atom stereocenters. The largest absolute Gasteiger partial charge is 0.451 e. The normalized spacial score (nSPS) is 11.7. The van der Waals surface area contributed by atoms with E-state index in [1.807, 2.05) is 54.6 Å². The van der Waals surface area contributed by atoms with Gasteiger partial charge in [-0.05, 0) is 29.4 Å². The van der Waals surface area contributed by atoms with E-state index in [4.69, 9.17) is 10.0 Å². The minimum absolute atomic E-state index is 0.0460. The van der Waals surface area contributed by atoms with Crippen molar-refractivity contribution in [3.05, 3.63) is 76.7 Å². The molecular weight excluding hydrogens is 423 g/mol. The lowest BCUT2D eigenvalue weighted by molar-refractivity contribution is -0.120. The lowest BCUT2D eigenvalue weighted by Crippen LogP contribution is -2.41. The first-order chi connectivity index (χ1) is 15.5. The summed E-state index contributed by atoms with van der Waals surface area (Å²) < 4.78 is 0. The highest BCUT2D eigenvalue weighted by molar-refractivity contribution is 7.11. The minimum atomic E-state index is -1.31. The summed E-state index contributed by atoms with van der Waals surface area (Å²) in [6.45, 7) is 0. The van der Waals surface area contributed by atoms with Crippen molar-refractivity contribution in [2.75, 3.05) is 0 Å². The molecule has 3 aromatic rings. The van der Waals surface area contributed by atoms with Crippen LogP contribution in [0.1, 0.15) is 40.9 Å². The fraction of sp³-hybridized carbons (Fsp3) is 0.292. The molecule has 0 saturated carbocycles. The van der Waals surface area contributed by atoms with E-state index in [1.165, 1.54) is 17.5 Å². The van der Waals surface area contributed by atoms with Gasteiger partial charge in [0, 0.05) is 6.42 Å². The number of nitrogens with one attached hydrogen (secondary N) is 1. The third-order valence-corrected chi connectivity index (χ3v) is 5.99. The lowest BCUT2D eigenvalue weighted by Gasteiger charge is -2.18. The second kappa shape index (κ2) is 12.3. The molecule has 32 heavy (non-hydrogen) atoms. The van der Waals surface area contributed by atoms with Crippen LogP contribution in [-0.4, -0.2) is 39.9 Å². The Kier molecular flexibility index (Phi) is 9.16. The average Bonchev–Trinajstić information content (AvgIpc) is 3.34. The summed E-state index contributed by atoms with van der Waals surface area (Å²) in [4.78, 5) is 30.1. The number of benzene rings is 2. The molecule has 6 nitrogen and oxygen atoms in total. The number of amides is 1. The molecule has 0 fully saturated rings. The second-order valence-corrected chi connectivity index (χ2v) is 8.61. The predicted octanol–water partition coefficient (Wildman–Crippen LogP) is 3.75. The Morgan fingerprint density at radius 1 is 1.00 bits per heavy atom. The quantitative estimate of drug-likeness (QED) is 0.288. The molecule has 1 heterocycles. The fourth-order valence-electron chi connectivity index (χ4n) is 3.54. The Balaban J connectivity index is 1.66. The predicted molar refractivity (Wildman–Crippen MR) is 127 cm³/mol. The van der Waals surface area contributed by atoms with Crippen LogP contribution in [0.15, 0.2) is 66.3 Å². The SMILES string of the molecule is O=C(N[C@@H](CCCCCB(O)O)C(=O)Cc1cccc(-c2ccccc2)c1)c1cncs1. The first-order valence-electron chi connectivity index (χ1n) is 10.8. The van der Waals surface area contributed by atoms with Crippen molar-refractivity contribution < 1.29 is 19.6 Å². The summed E-state index contributed by atoms with van der Waals surface area (Å²) in [5.41, 5.74) is 4.62. The van der Waals surface area contributed by atoms with Crippen LogP contribution in [0, 0.1) is 0 Å². The second-order valence-electron chi connectivity index (χ2n) is 7.72. The molecule has 1 aromatic heterocycles. The number of nitrogens with zero attached hydrogens (tertiary/aromatic N) is 1. The lowest BCUT2D eigenvalue weighted by atomic mass is 9.83. The van der Waals surface area contributed by atoms with Crippen molar-refractivity contribution in [1.29, 1.82) is 0 Å². The Hall–Kier alpha value is -2.81. The number of carbonyl (C=O) groups excluding carboxylic acids is 2. The number of thiazole rings is 1. The Morgan fingerprint density at radius 2 is 1.78 bits per heavy atom. The standard InChI is InChI=1S/C24H27BN2O4S/c28-22(15-18-8-7-11-20(14-18)19-9-3-1-4-10-19)21(12-5-2-6-13-25(30)31)27-24(29)23-16-26-17-32-23/h1,3-4,7-11,14,16-17,21,30-31H,2,5-6,12-13,15H2,(H,27,29)/t21-/m0/s1. The highest BCUT2D eigenvalue weighted by Crippen LogP contribution is 2.21. The van der Waals surface area contributed by atoms with Gasteiger partial charge in [0.15, 0.2) is 5.78 Å². The maximum atomic E-state index is 13.1. The summed E-state index contributed by atoms with van der Waals surface area (Å²) in [6, 6.07) is 17.3. The third kappa shape index (κ3) is 7.41. The van der Waals surface area contributed by atoms with Gasteiger partial charge in [0.25, 0.3) is 5.91 Å². The van der Waals surface area contributed by atoms with Crippen LogP contribution in [0.5, 0.6) is 0 Å². The summed E-state index contributed by atoms with van der Waals surface area (Å²) in [5, 5.41) is 20.8. The molecular formula is C24H27BN2O4S. The van der Waals surface area contributed by atoms with E-state index in [2.05, 4.69) is 10.3 Å². The van der Waals surface area contributed by atoms with Crippen molar-refractivity contribution in [2.24, 2.45) is 0 Å². The molecule has 0 aliphatic heterocycles. The zero-order valence-electron chi connectivity index (χ0n) is 17.8. The summed E-state index contributed by atoms with van der Waals surface area (Å²) >= 11 is 1.23. The van der Waals surface area contributed by atoms with Gasteiger partial charge in [-0.2, -0.15) is 0 Å². The smallest absolute Gasteiger partial charge is 0.427 e. The van der Waals surface area contributed by atoms with Gasteiger partial charge in [-0.3, -0.25) is 14.6 Å².